The van der Waals surface area contributed by atoms with E-state index in [1.807, 2.05) is 6.07 Å². The molecule has 19 heavy (non-hydrogen) atoms. The average Bonchev–Trinajstić information content (AvgIpc) is 2.33. The summed E-state index contributed by atoms with van der Waals surface area (Å²) < 4.78 is 0. The fourth-order valence-corrected chi connectivity index (χ4v) is 2.72. The summed E-state index contributed by atoms with van der Waals surface area (Å²) in [6.45, 7) is 1.67. The molecule has 2 rings (SSSR count). The zero-order valence-electron chi connectivity index (χ0n) is 9.85. The van der Waals surface area contributed by atoms with E-state index < -0.39 is 5.97 Å². The van der Waals surface area contributed by atoms with Crippen LogP contribution in [0.1, 0.15) is 16.1 Å². The van der Waals surface area contributed by atoms with Crippen LogP contribution in [0.15, 0.2) is 40.3 Å². The average molecular weight is 314 g/mol. The highest BCUT2D eigenvalue weighted by Gasteiger charge is 2.09. The molecule has 0 fully saturated rings. The van der Waals surface area contributed by atoms with Crippen molar-refractivity contribution in [3.05, 3.63) is 51.6 Å². The SMILES string of the molecule is Cc1nc(Sc2ccc(Cl)c(Cl)c2)ccc1C(=O)O. The lowest BCUT2D eigenvalue weighted by Crippen LogP contribution is -2.01. The molecule has 0 atom stereocenters. The van der Waals surface area contributed by atoms with E-state index in [9.17, 15) is 4.79 Å². The van der Waals surface area contributed by atoms with Crippen molar-refractivity contribution in [1.29, 1.82) is 0 Å². The monoisotopic (exact) mass is 313 g/mol. The minimum Gasteiger partial charge on any atom is -0.478 e. The summed E-state index contributed by atoms with van der Waals surface area (Å²) in [4.78, 5) is 16.0. The first kappa shape index (κ1) is 14.2. The van der Waals surface area contributed by atoms with E-state index >= 15 is 0 Å². The fourth-order valence-electron chi connectivity index (χ4n) is 1.48. The van der Waals surface area contributed by atoms with E-state index in [2.05, 4.69) is 4.98 Å². The molecule has 1 aromatic heterocycles. The maximum Gasteiger partial charge on any atom is 0.337 e. The molecule has 1 N–H and O–H groups in total. The van der Waals surface area contributed by atoms with Gasteiger partial charge in [-0.05, 0) is 37.3 Å². The maximum absolute atomic E-state index is 10.9. The Kier molecular flexibility index (Phi) is 4.34. The van der Waals surface area contributed by atoms with Crippen molar-refractivity contribution < 1.29 is 9.90 Å². The van der Waals surface area contributed by atoms with Crippen LogP contribution < -0.4 is 0 Å². The summed E-state index contributed by atoms with van der Waals surface area (Å²) in [5.41, 5.74) is 0.691. The van der Waals surface area contributed by atoms with Crippen LogP contribution in [0.3, 0.4) is 0 Å². The summed E-state index contributed by atoms with van der Waals surface area (Å²) >= 11 is 13.2. The molecule has 0 aliphatic rings. The second-order valence-corrected chi connectivity index (χ2v) is 5.67. The van der Waals surface area contributed by atoms with Crippen molar-refractivity contribution in [1.82, 2.24) is 4.98 Å². The molecule has 0 radical (unpaired) electrons. The Morgan fingerprint density at radius 1 is 1.21 bits per heavy atom. The third-order valence-corrected chi connectivity index (χ3v) is 4.07. The second kappa shape index (κ2) is 5.82. The third-order valence-electron chi connectivity index (χ3n) is 2.40. The molecule has 0 saturated carbocycles. The molecular formula is C13H9Cl2NO2S. The summed E-state index contributed by atoms with van der Waals surface area (Å²) in [5.74, 6) is -0.976. The van der Waals surface area contributed by atoms with E-state index in [4.69, 9.17) is 28.3 Å². The normalized spacial score (nSPS) is 10.5. The number of nitrogens with zero attached hydrogens (tertiary/aromatic N) is 1. The van der Waals surface area contributed by atoms with Gasteiger partial charge < -0.3 is 5.11 Å². The Morgan fingerprint density at radius 2 is 1.95 bits per heavy atom. The topological polar surface area (TPSA) is 50.2 Å². The summed E-state index contributed by atoms with van der Waals surface area (Å²) in [5, 5.41) is 10.6. The number of halogens is 2. The van der Waals surface area contributed by atoms with Crippen LogP contribution in [-0.2, 0) is 0 Å². The maximum atomic E-state index is 10.9. The lowest BCUT2D eigenvalue weighted by molar-refractivity contribution is 0.0695. The fraction of sp³-hybridized carbons (Fsp3) is 0.0769. The van der Waals surface area contributed by atoms with E-state index in [-0.39, 0.29) is 5.56 Å². The molecule has 0 amide bonds. The molecule has 1 heterocycles. The molecule has 98 valence electrons. The number of hydrogen-bond donors (Lipinski definition) is 1. The first-order valence-corrected chi connectivity index (χ1v) is 6.88. The molecule has 0 unspecified atom stereocenters. The highest BCUT2D eigenvalue weighted by Crippen LogP contribution is 2.31. The van der Waals surface area contributed by atoms with Crippen molar-refractivity contribution in [2.45, 2.75) is 16.8 Å². The first-order chi connectivity index (χ1) is 8.97. The van der Waals surface area contributed by atoms with Crippen LogP contribution in [0.2, 0.25) is 10.0 Å². The first-order valence-electron chi connectivity index (χ1n) is 5.31. The molecule has 6 heteroatoms. The van der Waals surface area contributed by atoms with Crippen molar-refractivity contribution in [3.8, 4) is 0 Å². The quantitative estimate of drug-likeness (QED) is 0.903. The van der Waals surface area contributed by atoms with Crippen molar-refractivity contribution in [2.75, 3.05) is 0 Å². The number of hydrogen-bond acceptors (Lipinski definition) is 3. The van der Waals surface area contributed by atoms with Gasteiger partial charge >= 0.3 is 5.97 Å². The van der Waals surface area contributed by atoms with E-state index in [1.165, 1.54) is 11.8 Å². The number of carboxylic acids is 1. The summed E-state index contributed by atoms with van der Waals surface area (Å²) in [7, 11) is 0. The lowest BCUT2D eigenvalue weighted by Gasteiger charge is -2.05. The molecule has 0 spiro atoms. The standard InChI is InChI=1S/C13H9Cl2NO2S/c1-7-9(13(17)18)3-5-12(16-7)19-8-2-4-10(14)11(15)6-8/h2-6H,1H3,(H,17,18). The minimum atomic E-state index is -0.976. The Morgan fingerprint density at radius 3 is 2.53 bits per heavy atom. The van der Waals surface area contributed by atoms with Gasteiger partial charge in [-0.3, -0.25) is 0 Å². The number of pyridine rings is 1. The molecule has 0 aliphatic heterocycles. The third kappa shape index (κ3) is 3.41. The second-order valence-electron chi connectivity index (χ2n) is 3.77. The molecule has 0 bridgehead atoms. The molecule has 0 saturated heterocycles. The molecule has 1 aromatic carbocycles. The Hall–Kier alpha value is -1.23. The Bertz CT molecular complexity index is 647. The van der Waals surface area contributed by atoms with Gasteiger partial charge in [-0.2, -0.15) is 0 Å². The van der Waals surface area contributed by atoms with Gasteiger partial charge in [0.25, 0.3) is 0 Å². The van der Waals surface area contributed by atoms with Gasteiger partial charge in [0.2, 0.25) is 0 Å². The molecule has 3 nitrogen and oxygen atoms in total. The zero-order chi connectivity index (χ0) is 14.0. The van der Waals surface area contributed by atoms with Crippen LogP contribution in [-0.4, -0.2) is 16.1 Å². The van der Waals surface area contributed by atoms with Gasteiger partial charge in [0.1, 0.15) is 5.03 Å². The van der Waals surface area contributed by atoms with Crippen LogP contribution in [0.5, 0.6) is 0 Å². The zero-order valence-corrected chi connectivity index (χ0v) is 12.2. The van der Waals surface area contributed by atoms with Crippen LogP contribution >= 0.6 is 35.0 Å². The number of rotatable bonds is 3. The highest BCUT2D eigenvalue weighted by molar-refractivity contribution is 7.99. The predicted octanol–water partition coefficient (Wildman–Crippen LogP) is 4.55. The van der Waals surface area contributed by atoms with Gasteiger partial charge in [-0.25, -0.2) is 9.78 Å². The number of carboxylic acid groups (broad SMARTS) is 1. The smallest absolute Gasteiger partial charge is 0.337 e. The highest BCUT2D eigenvalue weighted by atomic mass is 35.5. The Balaban J connectivity index is 2.26. The number of aromatic carboxylic acids is 1. The van der Waals surface area contributed by atoms with Crippen LogP contribution in [0.25, 0.3) is 0 Å². The van der Waals surface area contributed by atoms with Gasteiger partial charge in [0, 0.05) is 4.90 Å². The number of carbonyl (C=O) groups is 1. The summed E-state index contributed by atoms with van der Waals surface area (Å²) in [6, 6.07) is 8.51. The summed E-state index contributed by atoms with van der Waals surface area (Å²) in [6.07, 6.45) is 0. The van der Waals surface area contributed by atoms with Gasteiger partial charge in [0.15, 0.2) is 0 Å². The lowest BCUT2D eigenvalue weighted by atomic mass is 10.2. The Labute approximate surface area is 124 Å². The van der Waals surface area contributed by atoms with Crippen LogP contribution in [0, 0.1) is 6.92 Å². The van der Waals surface area contributed by atoms with Crippen molar-refractivity contribution in [2.24, 2.45) is 0 Å². The molecule has 2 aromatic rings. The largest absolute Gasteiger partial charge is 0.478 e. The van der Waals surface area contributed by atoms with Crippen molar-refractivity contribution in [3.63, 3.8) is 0 Å². The molecule has 0 aliphatic carbocycles. The molecular weight excluding hydrogens is 305 g/mol. The van der Waals surface area contributed by atoms with Crippen LogP contribution in [0.4, 0.5) is 0 Å². The van der Waals surface area contributed by atoms with Gasteiger partial charge in [-0.1, -0.05) is 35.0 Å². The minimum absolute atomic E-state index is 0.207. The number of benzene rings is 1. The van der Waals surface area contributed by atoms with E-state index in [0.717, 1.165) is 4.90 Å². The van der Waals surface area contributed by atoms with E-state index in [0.29, 0.717) is 20.8 Å². The predicted molar refractivity (Wildman–Crippen MR) is 76.5 cm³/mol. The van der Waals surface area contributed by atoms with Gasteiger partial charge in [0.05, 0.1) is 21.3 Å². The number of aromatic nitrogens is 1. The van der Waals surface area contributed by atoms with Gasteiger partial charge in [-0.15, -0.1) is 0 Å². The number of aryl methyl sites for hydroxylation is 1. The van der Waals surface area contributed by atoms with E-state index in [1.54, 1.807) is 31.2 Å². The van der Waals surface area contributed by atoms with Crippen molar-refractivity contribution >= 4 is 40.9 Å².